The number of nitrogens with one attached hydrogen (secondary N) is 1. The average molecular weight is 471 g/mol. The number of likely N-dealkylation sites (tertiary alicyclic amines) is 1. The van der Waals surface area contributed by atoms with E-state index in [0.717, 1.165) is 10.7 Å². The Morgan fingerprint density at radius 3 is 2.44 bits per heavy atom. The van der Waals surface area contributed by atoms with Gasteiger partial charge in [0.1, 0.15) is 11.8 Å². The number of hydrogen-bond donors (Lipinski definition) is 3. The van der Waals surface area contributed by atoms with Gasteiger partial charge in [0.25, 0.3) is 5.91 Å². The zero-order valence-electron chi connectivity index (χ0n) is 19.0. The van der Waals surface area contributed by atoms with Crippen LogP contribution in [0.1, 0.15) is 40.0 Å². The number of methoxy groups -OCH3 is 1. The molecule has 1 aliphatic heterocycles. The molecule has 10 nitrogen and oxygen atoms in total. The minimum Gasteiger partial charge on any atom is -0.497 e. The van der Waals surface area contributed by atoms with Crippen molar-refractivity contribution in [1.29, 1.82) is 0 Å². The second kappa shape index (κ2) is 11.1. The van der Waals surface area contributed by atoms with Crippen molar-refractivity contribution in [3.05, 3.63) is 24.3 Å². The summed E-state index contributed by atoms with van der Waals surface area (Å²) in [5.74, 6) is -0.713. The van der Waals surface area contributed by atoms with Crippen molar-refractivity contribution in [3.63, 3.8) is 0 Å². The Labute approximate surface area is 189 Å². The van der Waals surface area contributed by atoms with Crippen molar-refractivity contribution in [2.75, 3.05) is 20.2 Å². The Morgan fingerprint density at radius 2 is 1.94 bits per heavy atom. The molecule has 0 bridgehead atoms. The van der Waals surface area contributed by atoms with Crippen LogP contribution in [0.4, 0.5) is 0 Å². The van der Waals surface area contributed by atoms with Crippen LogP contribution in [-0.4, -0.2) is 67.1 Å². The van der Waals surface area contributed by atoms with Crippen LogP contribution in [-0.2, 0) is 19.6 Å². The summed E-state index contributed by atoms with van der Waals surface area (Å²) in [5, 5.41) is 9.22. The van der Waals surface area contributed by atoms with Gasteiger partial charge in [-0.1, -0.05) is 20.8 Å². The van der Waals surface area contributed by atoms with Crippen LogP contribution in [0.15, 0.2) is 29.2 Å². The fourth-order valence-corrected chi connectivity index (χ4v) is 5.69. The Balaban J connectivity index is 2.33. The van der Waals surface area contributed by atoms with Gasteiger partial charge in [0.15, 0.2) is 0 Å². The van der Waals surface area contributed by atoms with Crippen molar-refractivity contribution in [2.45, 2.75) is 57.1 Å². The number of nitrogens with two attached hydrogens (primary N) is 1. The Morgan fingerprint density at radius 1 is 1.31 bits per heavy atom. The second-order valence-electron chi connectivity index (χ2n) is 8.49. The van der Waals surface area contributed by atoms with E-state index in [1.807, 2.05) is 0 Å². The van der Waals surface area contributed by atoms with E-state index < -0.39 is 34.1 Å². The van der Waals surface area contributed by atoms with Crippen LogP contribution in [0.5, 0.6) is 5.75 Å². The summed E-state index contributed by atoms with van der Waals surface area (Å²) in [6, 6.07) is 4.54. The van der Waals surface area contributed by atoms with Crippen LogP contribution in [0.3, 0.4) is 0 Å². The monoisotopic (exact) mass is 470 g/mol. The van der Waals surface area contributed by atoms with E-state index in [0.29, 0.717) is 24.6 Å². The number of hydrogen-bond acceptors (Lipinski definition) is 7. The molecule has 0 saturated carbocycles. The highest BCUT2D eigenvalue weighted by Gasteiger charge is 2.38. The highest BCUT2D eigenvalue weighted by molar-refractivity contribution is 7.89. The lowest BCUT2D eigenvalue weighted by atomic mass is 9.96. The van der Waals surface area contributed by atoms with Gasteiger partial charge in [-0.05, 0) is 48.9 Å². The standard InChI is InChI=1S/C21H34N4O6S/c1-14(2)20(21(27)23-28)25(32(29,30)17-7-5-16(31-4)6-8-17)12-10-19(26)24-11-9-15(3)13-18(24)22/h5-8,14-15,18,20,28H,9-13,22H2,1-4H3,(H,23,27). The van der Waals surface area contributed by atoms with Gasteiger partial charge in [-0.3, -0.25) is 14.8 Å². The highest BCUT2D eigenvalue weighted by Crippen LogP contribution is 2.26. The molecule has 11 heteroatoms. The third-order valence-corrected chi connectivity index (χ3v) is 7.66. The van der Waals surface area contributed by atoms with Crippen LogP contribution in [0.2, 0.25) is 0 Å². The van der Waals surface area contributed by atoms with E-state index in [4.69, 9.17) is 10.5 Å². The Kier molecular flexibility index (Phi) is 9.02. The molecule has 1 fully saturated rings. The minimum absolute atomic E-state index is 0.0503. The number of rotatable bonds is 9. The average Bonchev–Trinajstić information content (AvgIpc) is 2.75. The maximum atomic E-state index is 13.5. The normalized spacial score (nSPS) is 20.3. The molecule has 4 N–H and O–H groups in total. The quantitative estimate of drug-likeness (QED) is 0.363. The second-order valence-corrected chi connectivity index (χ2v) is 10.4. The maximum absolute atomic E-state index is 13.5. The van der Waals surface area contributed by atoms with E-state index in [-0.39, 0.29) is 23.8 Å². The molecule has 0 aromatic heterocycles. The first-order valence-corrected chi connectivity index (χ1v) is 12.1. The first-order chi connectivity index (χ1) is 15.0. The summed E-state index contributed by atoms with van der Waals surface area (Å²) in [6.45, 7) is 5.69. The van der Waals surface area contributed by atoms with Crippen molar-refractivity contribution in [2.24, 2.45) is 17.6 Å². The summed E-state index contributed by atoms with van der Waals surface area (Å²) in [6.07, 6.45) is 0.953. The van der Waals surface area contributed by atoms with E-state index in [1.54, 1.807) is 24.2 Å². The molecule has 0 aliphatic carbocycles. The number of amides is 2. The molecule has 2 rings (SSSR count). The number of nitrogens with zero attached hydrogens (tertiary/aromatic N) is 2. The lowest BCUT2D eigenvalue weighted by molar-refractivity contribution is -0.138. The van der Waals surface area contributed by atoms with Gasteiger partial charge in [0, 0.05) is 19.5 Å². The first-order valence-electron chi connectivity index (χ1n) is 10.7. The number of hydroxylamine groups is 1. The smallest absolute Gasteiger partial charge is 0.262 e. The molecule has 2 amide bonds. The lowest BCUT2D eigenvalue weighted by Gasteiger charge is -2.37. The van der Waals surface area contributed by atoms with Crippen LogP contribution in [0.25, 0.3) is 0 Å². The number of carbonyl (C=O) groups excluding carboxylic acids is 2. The van der Waals surface area contributed by atoms with E-state index >= 15 is 0 Å². The summed E-state index contributed by atoms with van der Waals surface area (Å²) in [7, 11) is -2.70. The van der Waals surface area contributed by atoms with Gasteiger partial charge >= 0.3 is 0 Å². The summed E-state index contributed by atoms with van der Waals surface area (Å²) < 4.78 is 33.0. The van der Waals surface area contributed by atoms with Crippen LogP contribution in [0, 0.1) is 11.8 Å². The van der Waals surface area contributed by atoms with Crippen LogP contribution < -0.4 is 16.0 Å². The Bertz CT molecular complexity index is 890. The number of piperidine rings is 1. The van der Waals surface area contributed by atoms with Crippen molar-refractivity contribution >= 4 is 21.8 Å². The fourth-order valence-electron chi connectivity index (χ4n) is 3.97. The molecule has 1 aromatic carbocycles. The highest BCUT2D eigenvalue weighted by atomic mass is 32.2. The molecule has 1 heterocycles. The molecule has 0 spiro atoms. The molecular weight excluding hydrogens is 436 g/mol. The van der Waals surface area contributed by atoms with Gasteiger partial charge in [0.2, 0.25) is 15.9 Å². The molecule has 180 valence electrons. The van der Waals surface area contributed by atoms with E-state index in [2.05, 4.69) is 6.92 Å². The maximum Gasteiger partial charge on any atom is 0.262 e. The summed E-state index contributed by atoms with van der Waals surface area (Å²) in [5.41, 5.74) is 7.67. The fraction of sp³-hybridized carbons (Fsp3) is 0.619. The third kappa shape index (κ3) is 5.97. The molecule has 3 unspecified atom stereocenters. The predicted octanol–water partition coefficient (Wildman–Crippen LogP) is 1.15. The molecular formula is C21H34N4O6S. The zero-order chi connectivity index (χ0) is 24.1. The lowest BCUT2D eigenvalue weighted by Crippen LogP contribution is -2.54. The number of ether oxygens (including phenoxy) is 1. The van der Waals surface area contributed by atoms with Gasteiger partial charge in [0.05, 0.1) is 18.2 Å². The summed E-state index contributed by atoms with van der Waals surface area (Å²) >= 11 is 0. The molecule has 0 radical (unpaired) electrons. The van der Waals surface area contributed by atoms with Gasteiger partial charge in [-0.25, -0.2) is 13.9 Å². The molecule has 1 aliphatic rings. The Hall–Kier alpha value is -2.21. The number of benzene rings is 1. The molecule has 1 aromatic rings. The third-order valence-electron chi connectivity index (χ3n) is 5.76. The molecule has 1 saturated heterocycles. The number of carbonyl (C=O) groups is 2. The van der Waals surface area contributed by atoms with E-state index in [9.17, 15) is 23.2 Å². The predicted molar refractivity (Wildman–Crippen MR) is 118 cm³/mol. The summed E-state index contributed by atoms with van der Waals surface area (Å²) in [4.78, 5) is 26.8. The van der Waals surface area contributed by atoms with Crippen molar-refractivity contribution < 1.29 is 28.0 Å². The SMILES string of the molecule is COc1ccc(S(=O)(=O)N(CCC(=O)N2CCC(C)CC2N)C(C(=O)NO)C(C)C)cc1. The first kappa shape index (κ1) is 26.0. The van der Waals surface area contributed by atoms with Crippen molar-refractivity contribution in [3.8, 4) is 5.75 Å². The number of sulfonamides is 1. The van der Waals surface area contributed by atoms with Crippen molar-refractivity contribution in [1.82, 2.24) is 14.7 Å². The zero-order valence-corrected chi connectivity index (χ0v) is 19.8. The van der Waals surface area contributed by atoms with Crippen LogP contribution >= 0.6 is 0 Å². The van der Waals surface area contributed by atoms with Gasteiger partial charge < -0.3 is 15.4 Å². The molecule has 32 heavy (non-hydrogen) atoms. The van der Waals surface area contributed by atoms with E-state index in [1.165, 1.54) is 31.4 Å². The van der Waals surface area contributed by atoms with Gasteiger partial charge in [-0.15, -0.1) is 0 Å². The van der Waals surface area contributed by atoms with Gasteiger partial charge in [-0.2, -0.15) is 4.31 Å². The largest absolute Gasteiger partial charge is 0.497 e. The topological polar surface area (TPSA) is 142 Å². The molecule has 3 atom stereocenters. The minimum atomic E-state index is -4.17.